The van der Waals surface area contributed by atoms with Crippen molar-refractivity contribution >= 4 is 16.8 Å². The summed E-state index contributed by atoms with van der Waals surface area (Å²) in [4.78, 5) is 12.5. The molecule has 0 bridgehead atoms. The molecule has 2 aromatic carbocycles. The summed E-state index contributed by atoms with van der Waals surface area (Å²) in [5, 5.41) is 13.2. The topological polar surface area (TPSA) is 54.3 Å². The molecule has 0 saturated heterocycles. The Morgan fingerprint density at radius 1 is 1.09 bits per heavy atom. The number of aromatic nitrogens is 1. The predicted octanol–water partition coefficient (Wildman–Crippen LogP) is 2.60. The first kappa shape index (κ1) is 14.4. The molecule has 0 radical (unpaired) electrons. The summed E-state index contributed by atoms with van der Waals surface area (Å²) in [5.74, 6) is -0.107. The number of hydrogen-bond donors (Lipinski definition) is 2. The Bertz CT molecular complexity index is 821. The molecule has 0 aliphatic heterocycles. The fraction of sp³-hybridized carbons (Fsp3) is 0.167. The Kier molecular flexibility index (Phi) is 3.94. The van der Waals surface area contributed by atoms with E-state index >= 15 is 0 Å². The van der Waals surface area contributed by atoms with Crippen LogP contribution in [-0.2, 0) is 20.2 Å². The summed E-state index contributed by atoms with van der Waals surface area (Å²) in [5.41, 5.74) is 3.46. The van der Waals surface area contributed by atoms with E-state index in [9.17, 15) is 9.90 Å². The number of aryl methyl sites for hydroxylation is 1. The van der Waals surface area contributed by atoms with Crippen LogP contribution in [0.1, 0.15) is 21.5 Å². The monoisotopic (exact) mass is 294 g/mol. The van der Waals surface area contributed by atoms with E-state index in [0.29, 0.717) is 12.1 Å². The third-order valence-electron chi connectivity index (χ3n) is 3.90. The third-order valence-corrected chi connectivity index (χ3v) is 3.90. The number of hydrogen-bond acceptors (Lipinski definition) is 2. The van der Waals surface area contributed by atoms with Crippen LogP contribution < -0.4 is 5.32 Å². The van der Waals surface area contributed by atoms with Crippen molar-refractivity contribution in [1.82, 2.24) is 9.88 Å². The molecule has 22 heavy (non-hydrogen) atoms. The van der Waals surface area contributed by atoms with Gasteiger partial charge >= 0.3 is 0 Å². The molecule has 0 aliphatic carbocycles. The summed E-state index contributed by atoms with van der Waals surface area (Å²) in [7, 11) is 1.96. The lowest BCUT2D eigenvalue weighted by Crippen LogP contribution is -2.23. The van der Waals surface area contributed by atoms with E-state index in [1.54, 1.807) is 0 Å². The average Bonchev–Trinajstić information content (AvgIpc) is 2.94. The average molecular weight is 294 g/mol. The number of fused-ring (bicyclic) bond motifs is 1. The van der Waals surface area contributed by atoms with E-state index < -0.39 is 0 Å². The molecule has 0 unspecified atom stereocenters. The molecule has 0 spiro atoms. The fourth-order valence-electron chi connectivity index (χ4n) is 2.66. The molecule has 1 amide bonds. The van der Waals surface area contributed by atoms with Gasteiger partial charge < -0.3 is 15.0 Å². The number of aliphatic hydroxyl groups is 1. The zero-order chi connectivity index (χ0) is 15.5. The van der Waals surface area contributed by atoms with Crippen LogP contribution in [0.3, 0.4) is 0 Å². The highest BCUT2D eigenvalue weighted by Crippen LogP contribution is 2.19. The van der Waals surface area contributed by atoms with Crippen LogP contribution >= 0.6 is 0 Å². The number of nitrogens with one attached hydrogen (secondary N) is 1. The Morgan fingerprint density at radius 2 is 1.86 bits per heavy atom. The summed E-state index contributed by atoms with van der Waals surface area (Å²) >= 11 is 0. The number of carbonyl (C=O) groups is 1. The number of amides is 1. The van der Waals surface area contributed by atoms with Crippen LogP contribution in [0.4, 0.5) is 0 Å². The van der Waals surface area contributed by atoms with E-state index in [-0.39, 0.29) is 12.5 Å². The van der Waals surface area contributed by atoms with Gasteiger partial charge in [0.05, 0.1) is 6.61 Å². The van der Waals surface area contributed by atoms with Crippen molar-refractivity contribution in [2.45, 2.75) is 13.2 Å². The lowest BCUT2D eigenvalue weighted by Gasteiger charge is -2.10. The molecule has 0 fully saturated rings. The number of rotatable bonds is 4. The van der Waals surface area contributed by atoms with Gasteiger partial charge in [-0.2, -0.15) is 0 Å². The molecule has 4 heteroatoms. The van der Waals surface area contributed by atoms with Crippen molar-refractivity contribution in [3.05, 3.63) is 71.4 Å². The Hall–Kier alpha value is -2.59. The standard InChI is InChI=1S/C18H18N2O2/c1-20-10-9-15-16(7-4-8-17(15)20)18(22)19-11-13-5-2-3-6-14(13)12-21/h2-10,21H,11-12H2,1H3,(H,19,22). The van der Waals surface area contributed by atoms with Gasteiger partial charge in [0.15, 0.2) is 0 Å². The molecular weight excluding hydrogens is 276 g/mol. The van der Waals surface area contributed by atoms with E-state index in [2.05, 4.69) is 5.32 Å². The van der Waals surface area contributed by atoms with Gasteiger partial charge in [-0.25, -0.2) is 0 Å². The largest absolute Gasteiger partial charge is 0.392 e. The molecular formula is C18H18N2O2. The van der Waals surface area contributed by atoms with Crippen LogP contribution in [0.2, 0.25) is 0 Å². The van der Waals surface area contributed by atoms with Crippen molar-refractivity contribution in [3.8, 4) is 0 Å². The normalized spacial score (nSPS) is 10.8. The smallest absolute Gasteiger partial charge is 0.252 e. The Balaban J connectivity index is 1.82. The van der Waals surface area contributed by atoms with Crippen molar-refractivity contribution in [2.75, 3.05) is 0 Å². The molecule has 0 atom stereocenters. The molecule has 0 saturated carbocycles. The van der Waals surface area contributed by atoms with Crippen LogP contribution in [0.25, 0.3) is 10.9 Å². The minimum atomic E-state index is -0.107. The molecule has 0 aliphatic rings. The maximum atomic E-state index is 12.5. The second-order valence-electron chi connectivity index (χ2n) is 5.27. The van der Waals surface area contributed by atoms with Crippen LogP contribution in [0.15, 0.2) is 54.7 Å². The van der Waals surface area contributed by atoms with Gasteiger partial charge in [0.2, 0.25) is 0 Å². The van der Waals surface area contributed by atoms with Crippen LogP contribution in [-0.4, -0.2) is 15.6 Å². The summed E-state index contributed by atoms with van der Waals surface area (Å²) in [6, 6.07) is 15.2. The van der Waals surface area contributed by atoms with E-state index in [0.717, 1.165) is 22.0 Å². The van der Waals surface area contributed by atoms with Gasteiger partial charge in [-0.1, -0.05) is 30.3 Å². The van der Waals surface area contributed by atoms with E-state index in [4.69, 9.17) is 0 Å². The first-order chi connectivity index (χ1) is 10.7. The molecule has 1 aromatic heterocycles. The van der Waals surface area contributed by atoms with Crippen molar-refractivity contribution < 1.29 is 9.90 Å². The second kappa shape index (κ2) is 6.03. The highest BCUT2D eigenvalue weighted by molar-refractivity contribution is 6.06. The first-order valence-corrected chi connectivity index (χ1v) is 7.20. The van der Waals surface area contributed by atoms with Gasteiger partial charge in [0, 0.05) is 36.3 Å². The van der Waals surface area contributed by atoms with Crippen molar-refractivity contribution in [2.24, 2.45) is 7.05 Å². The molecule has 2 N–H and O–H groups in total. The maximum absolute atomic E-state index is 12.5. The molecule has 112 valence electrons. The molecule has 3 aromatic rings. The highest BCUT2D eigenvalue weighted by Gasteiger charge is 2.11. The van der Waals surface area contributed by atoms with Crippen molar-refractivity contribution in [3.63, 3.8) is 0 Å². The summed E-state index contributed by atoms with van der Waals surface area (Å²) in [6.07, 6.45) is 1.95. The first-order valence-electron chi connectivity index (χ1n) is 7.20. The Morgan fingerprint density at radius 3 is 2.64 bits per heavy atom. The lowest BCUT2D eigenvalue weighted by molar-refractivity contribution is 0.0952. The molecule has 3 rings (SSSR count). The number of benzene rings is 2. The minimum Gasteiger partial charge on any atom is -0.392 e. The summed E-state index contributed by atoms with van der Waals surface area (Å²) < 4.78 is 1.99. The fourth-order valence-corrected chi connectivity index (χ4v) is 2.66. The SMILES string of the molecule is Cn1ccc2c(C(=O)NCc3ccccc3CO)cccc21. The number of carbonyl (C=O) groups excluding carboxylic acids is 1. The van der Waals surface area contributed by atoms with Crippen LogP contribution in [0, 0.1) is 0 Å². The number of aliphatic hydroxyl groups excluding tert-OH is 1. The van der Waals surface area contributed by atoms with Gasteiger partial charge in [-0.05, 0) is 29.3 Å². The van der Waals surface area contributed by atoms with Gasteiger partial charge in [-0.3, -0.25) is 4.79 Å². The maximum Gasteiger partial charge on any atom is 0.252 e. The lowest BCUT2D eigenvalue weighted by atomic mass is 10.1. The Labute approximate surface area is 129 Å². The van der Waals surface area contributed by atoms with Gasteiger partial charge in [0.1, 0.15) is 0 Å². The molecule has 1 heterocycles. The zero-order valence-corrected chi connectivity index (χ0v) is 12.4. The molecule has 4 nitrogen and oxygen atoms in total. The minimum absolute atomic E-state index is 0.0275. The number of nitrogens with zero attached hydrogens (tertiary/aromatic N) is 1. The third kappa shape index (κ3) is 2.61. The summed E-state index contributed by atoms with van der Waals surface area (Å²) in [6.45, 7) is 0.374. The van der Waals surface area contributed by atoms with Gasteiger partial charge in [-0.15, -0.1) is 0 Å². The second-order valence-corrected chi connectivity index (χ2v) is 5.27. The van der Waals surface area contributed by atoms with Crippen LogP contribution in [0.5, 0.6) is 0 Å². The van der Waals surface area contributed by atoms with Gasteiger partial charge in [0.25, 0.3) is 5.91 Å². The quantitative estimate of drug-likeness (QED) is 0.777. The predicted molar refractivity (Wildman–Crippen MR) is 86.5 cm³/mol. The van der Waals surface area contributed by atoms with Crippen molar-refractivity contribution in [1.29, 1.82) is 0 Å². The van der Waals surface area contributed by atoms with E-state index in [1.807, 2.05) is 66.3 Å². The highest BCUT2D eigenvalue weighted by atomic mass is 16.3. The zero-order valence-electron chi connectivity index (χ0n) is 12.4. The van der Waals surface area contributed by atoms with E-state index in [1.165, 1.54) is 0 Å².